The van der Waals surface area contributed by atoms with Crippen molar-refractivity contribution in [1.82, 2.24) is 0 Å². The van der Waals surface area contributed by atoms with Crippen LogP contribution >= 0.6 is 0 Å². The van der Waals surface area contributed by atoms with Crippen LogP contribution in [0.2, 0.25) is 0 Å². The van der Waals surface area contributed by atoms with Gasteiger partial charge < -0.3 is 5.32 Å². The van der Waals surface area contributed by atoms with E-state index in [0.29, 0.717) is 5.92 Å². The summed E-state index contributed by atoms with van der Waals surface area (Å²) in [7, 11) is 0. The Hall–Kier alpha value is -2.61. The van der Waals surface area contributed by atoms with Crippen molar-refractivity contribution in [2.24, 2.45) is 5.92 Å². The molecule has 1 aliphatic carbocycles. The van der Waals surface area contributed by atoms with Crippen molar-refractivity contribution in [1.29, 1.82) is 0 Å². The number of carbonyl (C=O) groups excluding carboxylic acids is 1. The second-order valence-corrected chi connectivity index (χ2v) is 7.28. The highest BCUT2D eigenvalue weighted by Gasteiger charge is 2.30. The Morgan fingerprint density at radius 2 is 1.50 bits per heavy atom. The van der Waals surface area contributed by atoms with Gasteiger partial charge in [0.2, 0.25) is 0 Å². The average Bonchev–Trinajstić information content (AvgIpc) is 2.73. The molecule has 0 aliphatic heterocycles. The molecule has 0 bridgehead atoms. The zero-order chi connectivity index (χ0) is 17.8. The Balaban J connectivity index is 1.69. The van der Waals surface area contributed by atoms with E-state index >= 15 is 0 Å². The molecular formula is C24H25NO. The van der Waals surface area contributed by atoms with Crippen molar-refractivity contribution < 1.29 is 4.79 Å². The molecule has 0 aromatic heterocycles. The van der Waals surface area contributed by atoms with Gasteiger partial charge in [-0.05, 0) is 30.2 Å². The Bertz CT molecular complexity index is 876. The fourth-order valence-corrected chi connectivity index (χ4v) is 4.17. The summed E-state index contributed by atoms with van der Waals surface area (Å²) in [6.45, 7) is 0. The lowest BCUT2D eigenvalue weighted by Crippen LogP contribution is -2.38. The average molecular weight is 343 g/mol. The van der Waals surface area contributed by atoms with Gasteiger partial charge in [0.05, 0.1) is 6.04 Å². The molecule has 1 unspecified atom stereocenters. The number of hydrogen-bond acceptors (Lipinski definition) is 2. The molecule has 1 N–H and O–H groups in total. The minimum atomic E-state index is -0.163. The fraction of sp³-hybridized carbons (Fsp3) is 0.292. The van der Waals surface area contributed by atoms with E-state index in [1.807, 2.05) is 30.3 Å². The first-order valence-electron chi connectivity index (χ1n) is 9.66. The van der Waals surface area contributed by atoms with E-state index in [9.17, 15) is 4.79 Å². The van der Waals surface area contributed by atoms with Crippen LogP contribution in [0, 0.1) is 5.92 Å². The van der Waals surface area contributed by atoms with Gasteiger partial charge in [-0.3, -0.25) is 4.79 Å². The molecule has 0 radical (unpaired) electrons. The lowest BCUT2D eigenvalue weighted by atomic mass is 9.81. The molecule has 0 amide bonds. The molecule has 4 rings (SSSR count). The first-order chi connectivity index (χ1) is 12.8. The van der Waals surface area contributed by atoms with Crippen LogP contribution in [0.4, 0.5) is 5.69 Å². The molecule has 132 valence electrons. The maximum Gasteiger partial charge on any atom is 0.185 e. The third-order valence-electron chi connectivity index (χ3n) is 5.56. The molecule has 0 saturated heterocycles. The van der Waals surface area contributed by atoms with Crippen LogP contribution in [0.3, 0.4) is 0 Å². The fourth-order valence-electron chi connectivity index (χ4n) is 4.17. The summed E-state index contributed by atoms with van der Waals surface area (Å²) in [4.78, 5) is 13.3. The van der Waals surface area contributed by atoms with Gasteiger partial charge in [0.1, 0.15) is 0 Å². The molecule has 0 heterocycles. The van der Waals surface area contributed by atoms with Gasteiger partial charge in [0, 0.05) is 16.6 Å². The second-order valence-electron chi connectivity index (χ2n) is 7.28. The van der Waals surface area contributed by atoms with Crippen LogP contribution in [-0.2, 0) is 0 Å². The third-order valence-corrected chi connectivity index (χ3v) is 5.56. The zero-order valence-electron chi connectivity index (χ0n) is 15.0. The number of fused-ring (bicyclic) bond motifs is 1. The minimum absolute atomic E-state index is 0.163. The topological polar surface area (TPSA) is 29.1 Å². The molecule has 2 nitrogen and oxygen atoms in total. The van der Waals surface area contributed by atoms with Crippen molar-refractivity contribution in [2.75, 3.05) is 5.32 Å². The monoisotopic (exact) mass is 343 g/mol. The highest BCUT2D eigenvalue weighted by molar-refractivity contribution is 6.03. The van der Waals surface area contributed by atoms with Crippen LogP contribution in [0.25, 0.3) is 10.8 Å². The largest absolute Gasteiger partial charge is 0.374 e. The molecule has 3 aromatic carbocycles. The van der Waals surface area contributed by atoms with Crippen LogP contribution in [0.1, 0.15) is 42.5 Å². The molecule has 2 heteroatoms. The number of anilines is 1. The quantitative estimate of drug-likeness (QED) is 0.568. The first-order valence-corrected chi connectivity index (χ1v) is 9.66. The Labute approximate surface area is 155 Å². The van der Waals surface area contributed by atoms with E-state index in [4.69, 9.17) is 0 Å². The van der Waals surface area contributed by atoms with Crippen LogP contribution in [0.5, 0.6) is 0 Å². The number of carbonyl (C=O) groups is 1. The van der Waals surface area contributed by atoms with Crippen molar-refractivity contribution in [3.8, 4) is 0 Å². The second kappa shape index (κ2) is 7.74. The van der Waals surface area contributed by atoms with E-state index in [1.165, 1.54) is 30.0 Å². The minimum Gasteiger partial charge on any atom is -0.374 e. The van der Waals surface area contributed by atoms with E-state index in [2.05, 4.69) is 47.8 Å². The number of benzene rings is 3. The lowest BCUT2D eigenvalue weighted by molar-refractivity contribution is 0.0929. The third kappa shape index (κ3) is 3.50. The van der Waals surface area contributed by atoms with E-state index in [0.717, 1.165) is 24.1 Å². The lowest BCUT2D eigenvalue weighted by Gasteiger charge is -2.31. The molecule has 3 aromatic rings. The Morgan fingerprint density at radius 3 is 2.31 bits per heavy atom. The van der Waals surface area contributed by atoms with Gasteiger partial charge in [-0.2, -0.15) is 0 Å². The molecule has 26 heavy (non-hydrogen) atoms. The van der Waals surface area contributed by atoms with Gasteiger partial charge in [0.25, 0.3) is 0 Å². The standard InChI is InChI=1S/C24H25NO/c26-24(20-13-5-2-6-14-20)23(19-11-3-1-4-12-19)25-22-17-9-15-18-10-7-8-16-21(18)22/h2,5-10,13-17,19,23,25H,1,3-4,11-12H2. The zero-order valence-corrected chi connectivity index (χ0v) is 15.0. The highest BCUT2D eigenvalue weighted by Crippen LogP contribution is 2.32. The summed E-state index contributed by atoms with van der Waals surface area (Å²) in [5, 5.41) is 6.02. The Kier molecular flexibility index (Phi) is 5.01. The number of hydrogen-bond donors (Lipinski definition) is 1. The molecule has 1 aliphatic rings. The predicted octanol–water partition coefficient (Wildman–Crippen LogP) is 6.08. The van der Waals surface area contributed by atoms with Gasteiger partial charge in [0.15, 0.2) is 5.78 Å². The maximum absolute atomic E-state index is 13.3. The first kappa shape index (κ1) is 16.8. The molecule has 1 saturated carbocycles. The van der Waals surface area contributed by atoms with Gasteiger partial charge in [-0.25, -0.2) is 0 Å². The summed E-state index contributed by atoms with van der Waals surface area (Å²) < 4.78 is 0. The van der Waals surface area contributed by atoms with Crippen molar-refractivity contribution in [2.45, 2.75) is 38.1 Å². The molecular weight excluding hydrogens is 318 g/mol. The van der Waals surface area contributed by atoms with Crippen molar-refractivity contribution in [3.63, 3.8) is 0 Å². The van der Waals surface area contributed by atoms with Crippen LogP contribution in [-0.4, -0.2) is 11.8 Å². The normalized spacial score (nSPS) is 16.3. The highest BCUT2D eigenvalue weighted by atomic mass is 16.1. The van der Waals surface area contributed by atoms with Crippen LogP contribution < -0.4 is 5.32 Å². The molecule has 1 fully saturated rings. The number of nitrogens with one attached hydrogen (secondary N) is 1. The number of rotatable bonds is 5. The summed E-state index contributed by atoms with van der Waals surface area (Å²) >= 11 is 0. The summed E-state index contributed by atoms with van der Waals surface area (Å²) in [6.07, 6.45) is 5.99. The predicted molar refractivity (Wildman–Crippen MR) is 109 cm³/mol. The van der Waals surface area contributed by atoms with Crippen LogP contribution in [0.15, 0.2) is 72.8 Å². The van der Waals surface area contributed by atoms with E-state index in [-0.39, 0.29) is 11.8 Å². The summed E-state index contributed by atoms with van der Waals surface area (Å²) in [6, 6.07) is 24.2. The van der Waals surface area contributed by atoms with Gasteiger partial charge in [-0.1, -0.05) is 86.0 Å². The van der Waals surface area contributed by atoms with Gasteiger partial charge in [-0.15, -0.1) is 0 Å². The smallest absolute Gasteiger partial charge is 0.185 e. The molecule has 0 spiro atoms. The van der Waals surface area contributed by atoms with E-state index < -0.39 is 0 Å². The Morgan fingerprint density at radius 1 is 0.808 bits per heavy atom. The number of ketones is 1. The maximum atomic E-state index is 13.3. The van der Waals surface area contributed by atoms with E-state index in [1.54, 1.807) is 0 Å². The number of Topliss-reactive ketones (excluding diaryl/α,β-unsaturated/α-hetero) is 1. The van der Waals surface area contributed by atoms with Gasteiger partial charge >= 0.3 is 0 Å². The van der Waals surface area contributed by atoms with Crippen molar-refractivity contribution in [3.05, 3.63) is 78.4 Å². The molecule has 1 atom stereocenters. The summed E-state index contributed by atoms with van der Waals surface area (Å²) in [5.74, 6) is 0.612. The SMILES string of the molecule is O=C(c1ccccc1)C(Nc1cccc2ccccc12)C1CCCCC1. The van der Waals surface area contributed by atoms with Crippen molar-refractivity contribution >= 4 is 22.2 Å². The summed E-state index contributed by atoms with van der Waals surface area (Å²) in [5.41, 5.74) is 1.86.